The Bertz CT molecular complexity index is 447. The third kappa shape index (κ3) is 4.40. The van der Waals surface area contributed by atoms with Crippen LogP contribution in [0.15, 0.2) is 29.4 Å². The molecule has 1 aliphatic rings. The summed E-state index contributed by atoms with van der Waals surface area (Å²) in [7, 11) is 0. The summed E-state index contributed by atoms with van der Waals surface area (Å²) in [6, 6.07) is 5.23. The molecule has 1 amide bonds. The van der Waals surface area contributed by atoms with Crippen LogP contribution in [0.25, 0.3) is 0 Å². The van der Waals surface area contributed by atoms with Crippen molar-refractivity contribution in [1.29, 1.82) is 0 Å². The maximum absolute atomic E-state index is 12.1. The molecule has 4 nitrogen and oxygen atoms in total. The molecule has 1 saturated carbocycles. The Kier molecular flexibility index (Phi) is 5.71. The Balaban J connectivity index is 1.78. The smallest absolute Gasteiger partial charge is 0.252 e. The van der Waals surface area contributed by atoms with Gasteiger partial charge in [0.1, 0.15) is 0 Å². The summed E-state index contributed by atoms with van der Waals surface area (Å²) in [5, 5.41) is 14.9. The average Bonchev–Trinajstić information content (AvgIpc) is 2.48. The van der Waals surface area contributed by atoms with Crippen LogP contribution in [0.3, 0.4) is 0 Å². The van der Waals surface area contributed by atoms with Gasteiger partial charge in [0.15, 0.2) is 6.20 Å². The molecule has 0 bridgehead atoms. The molecular weight excluding hydrogens is 272 g/mol. The summed E-state index contributed by atoms with van der Waals surface area (Å²) in [5.41, 5.74) is 0. The second kappa shape index (κ2) is 7.53. The SMILES string of the molecule is CC(Sc1cccc[n+]1[O-])C(=O)NCC1CCCCC1. The van der Waals surface area contributed by atoms with Crippen molar-refractivity contribution in [3.8, 4) is 0 Å². The molecule has 1 unspecified atom stereocenters. The zero-order chi connectivity index (χ0) is 14.4. The molecule has 0 aromatic carbocycles. The second-order valence-electron chi connectivity index (χ2n) is 5.37. The predicted molar refractivity (Wildman–Crippen MR) is 80.3 cm³/mol. The number of aromatic nitrogens is 1. The highest BCUT2D eigenvalue weighted by molar-refractivity contribution is 8.00. The van der Waals surface area contributed by atoms with Gasteiger partial charge in [-0.15, -0.1) is 0 Å². The van der Waals surface area contributed by atoms with E-state index in [1.54, 1.807) is 12.1 Å². The van der Waals surface area contributed by atoms with Gasteiger partial charge in [-0.05, 0) is 43.5 Å². The van der Waals surface area contributed by atoms with Crippen molar-refractivity contribution < 1.29 is 9.52 Å². The third-order valence-electron chi connectivity index (χ3n) is 3.75. The molecule has 1 fully saturated rings. The fourth-order valence-electron chi connectivity index (χ4n) is 2.52. The van der Waals surface area contributed by atoms with Crippen molar-refractivity contribution in [2.75, 3.05) is 6.54 Å². The lowest BCUT2D eigenvalue weighted by Gasteiger charge is -2.22. The summed E-state index contributed by atoms with van der Waals surface area (Å²) >= 11 is 1.30. The standard InChI is InChI=1S/C15H22N2O2S/c1-12(20-14-9-5-6-10-17(14)19)15(18)16-11-13-7-3-2-4-8-13/h5-6,9-10,12-13H,2-4,7-8,11H2,1H3,(H,16,18). The average molecular weight is 294 g/mol. The first-order valence-electron chi connectivity index (χ1n) is 7.29. The predicted octanol–water partition coefficient (Wildman–Crippen LogP) is 2.50. The van der Waals surface area contributed by atoms with Gasteiger partial charge in [-0.1, -0.05) is 19.3 Å². The van der Waals surface area contributed by atoms with Gasteiger partial charge >= 0.3 is 0 Å². The maximum Gasteiger partial charge on any atom is 0.252 e. The first-order chi connectivity index (χ1) is 9.66. The van der Waals surface area contributed by atoms with E-state index in [1.807, 2.05) is 13.0 Å². The fourth-order valence-corrected chi connectivity index (χ4v) is 3.39. The van der Waals surface area contributed by atoms with Gasteiger partial charge in [-0.3, -0.25) is 4.79 Å². The molecule has 1 aliphatic carbocycles. The number of rotatable bonds is 5. The number of carbonyl (C=O) groups excluding carboxylic acids is 1. The number of hydrogen-bond donors (Lipinski definition) is 1. The first-order valence-corrected chi connectivity index (χ1v) is 8.17. The minimum Gasteiger partial charge on any atom is -0.618 e. The zero-order valence-electron chi connectivity index (χ0n) is 11.9. The van der Waals surface area contributed by atoms with Crippen LogP contribution in [-0.4, -0.2) is 17.7 Å². The number of amides is 1. The van der Waals surface area contributed by atoms with Crippen LogP contribution in [0, 0.1) is 11.1 Å². The van der Waals surface area contributed by atoms with Crippen LogP contribution in [-0.2, 0) is 4.79 Å². The number of nitrogens with one attached hydrogen (secondary N) is 1. The maximum atomic E-state index is 12.1. The fraction of sp³-hybridized carbons (Fsp3) is 0.600. The lowest BCUT2D eigenvalue weighted by molar-refractivity contribution is -0.645. The van der Waals surface area contributed by atoms with Crippen molar-refractivity contribution >= 4 is 17.7 Å². The molecule has 1 N–H and O–H groups in total. The van der Waals surface area contributed by atoms with E-state index in [1.165, 1.54) is 50.1 Å². The van der Waals surface area contributed by atoms with E-state index in [-0.39, 0.29) is 11.2 Å². The van der Waals surface area contributed by atoms with Crippen molar-refractivity contribution in [3.63, 3.8) is 0 Å². The Hall–Kier alpha value is -1.23. The van der Waals surface area contributed by atoms with E-state index in [0.717, 1.165) is 11.3 Å². The van der Waals surface area contributed by atoms with E-state index >= 15 is 0 Å². The Morgan fingerprint density at radius 2 is 2.20 bits per heavy atom. The third-order valence-corrected chi connectivity index (χ3v) is 4.87. The second-order valence-corrected chi connectivity index (χ2v) is 6.74. The molecule has 0 saturated heterocycles. The number of pyridine rings is 1. The van der Waals surface area contributed by atoms with Gasteiger partial charge in [0.25, 0.3) is 5.03 Å². The van der Waals surface area contributed by atoms with Crippen molar-refractivity contribution in [1.82, 2.24) is 5.32 Å². The van der Waals surface area contributed by atoms with Crippen LogP contribution in [0.4, 0.5) is 0 Å². The summed E-state index contributed by atoms with van der Waals surface area (Å²) < 4.78 is 0.801. The van der Waals surface area contributed by atoms with Crippen LogP contribution < -0.4 is 10.0 Å². The number of nitrogens with zero attached hydrogens (tertiary/aromatic N) is 1. The largest absolute Gasteiger partial charge is 0.618 e. The van der Waals surface area contributed by atoms with E-state index in [4.69, 9.17) is 0 Å². The Labute approximate surface area is 124 Å². The molecule has 20 heavy (non-hydrogen) atoms. The number of hydrogen-bond acceptors (Lipinski definition) is 3. The highest BCUT2D eigenvalue weighted by Gasteiger charge is 2.20. The topological polar surface area (TPSA) is 56.0 Å². The highest BCUT2D eigenvalue weighted by Crippen LogP contribution is 2.23. The number of thioether (sulfide) groups is 1. The van der Waals surface area contributed by atoms with Crippen molar-refractivity contribution in [2.24, 2.45) is 5.92 Å². The summed E-state index contributed by atoms with van der Waals surface area (Å²) in [6.07, 6.45) is 7.79. The Morgan fingerprint density at radius 1 is 1.45 bits per heavy atom. The van der Waals surface area contributed by atoms with Crippen LogP contribution >= 0.6 is 11.8 Å². The highest BCUT2D eigenvalue weighted by atomic mass is 32.2. The molecule has 1 aromatic rings. The molecule has 2 rings (SSSR count). The van der Waals surface area contributed by atoms with E-state index in [9.17, 15) is 10.0 Å². The quantitative estimate of drug-likeness (QED) is 0.516. The minimum absolute atomic E-state index is 0.0180. The van der Waals surface area contributed by atoms with E-state index in [0.29, 0.717) is 10.9 Å². The first kappa shape index (κ1) is 15.2. The summed E-state index contributed by atoms with van der Waals surface area (Å²) in [6.45, 7) is 2.61. The zero-order valence-corrected chi connectivity index (χ0v) is 12.7. The van der Waals surface area contributed by atoms with E-state index in [2.05, 4.69) is 5.32 Å². The summed E-state index contributed by atoms with van der Waals surface area (Å²) in [4.78, 5) is 12.1. The van der Waals surface area contributed by atoms with Gasteiger partial charge in [0.2, 0.25) is 5.91 Å². The lowest BCUT2D eigenvalue weighted by atomic mass is 9.89. The minimum atomic E-state index is -0.249. The van der Waals surface area contributed by atoms with Crippen LogP contribution in [0.2, 0.25) is 0 Å². The molecule has 1 aromatic heterocycles. The van der Waals surface area contributed by atoms with Gasteiger partial charge in [-0.25, -0.2) is 0 Å². The molecular formula is C15H22N2O2S. The van der Waals surface area contributed by atoms with Crippen LogP contribution in [0.1, 0.15) is 39.0 Å². The van der Waals surface area contributed by atoms with Crippen molar-refractivity contribution in [2.45, 2.75) is 49.3 Å². The number of carbonyl (C=O) groups is 1. The molecule has 110 valence electrons. The van der Waals surface area contributed by atoms with Gasteiger partial charge in [-0.2, -0.15) is 4.73 Å². The monoisotopic (exact) mass is 294 g/mol. The summed E-state index contributed by atoms with van der Waals surface area (Å²) in [5.74, 6) is 0.649. The van der Waals surface area contributed by atoms with E-state index < -0.39 is 0 Å². The molecule has 0 radical (unpaired) electrons. The van der Waals surface area contributed by atoms with Gasteiger partial charge in [0, 0.05) is 18.7 Å². The Morgan fingerprint density at radius 3 is 2.90 bits per heavy atom. The van der Waals surface area contributed by atoms with Gasteiger partial charge < -0.3 is 10.5 Å². The van der Waals surface area contributed by atoms with Crippen molar-refractivity contribution in [3.05, 3.63) is 29.6 Å². The molecule has 0 spiro atoms. The molecule has 0 aliphatic heterocycles. The molecule has 1 atom stereocenters. The normalized spacial score (nSPS) is 17.6. The lowest BCUT2D eigenvalue weighted by Crippen LogP contribution is -2.36. The molecule has 5 heteroatoms. The van der Waals surface area contributed by atoms with Gasteiger partial charge in [0.05, 0.1) is 5.25 Å². The molecule has 1 heterocycles. The van der Waals surface area contributed by atoms with Crippen LogP contribution in [0.5, 0.6) is 0 Å².